The van der Waals surface area contributed by atoms with Crippen LogP contribution in [0.4, 0.5) is 4.79 Å². The van der Waals surface area contributed by atoms with E-state index in [2.05, 4.69) is 57.7 Å². The van der Waals surface area contributed by atoms with E-state index in [9.17, 15) is 19.8 Å². The maximum Gasteiger partial charge on any atom is 0.410 e. The van der Waals surface area contributed by atoms with Crippen LogP contribution in [0.25, 0.3) is 0 Å². The Hall–Kier alpha value is -2.44. The summed E-state index contributed by atoms with van der Waals surface area (Å²) in [5.74, 6) is 4.06. The molecule has 0 aromatic heterocycles. The number of amides is 1. The molecule has 8 saturated carbocycles. The van der Waals surface area contributed by atoms with Gasteiger partial charge in [-0.1, -0.05) is 89.6 Å². The maximum atomic E-state index is 15.0. The molecular formula is C51H71NO5. The number of Topliss-reactive ketones (excluding diaryl/α,β-unsaturated/α-hetero) is 1. The highest BCUT2D eigenvalue weighted by molar-refractivity contribution is 6.10. The van der Waals surface area contributed by atoms with Crippen LogP contribution in [0.5, 0.6) is 0 Å². The standard InChI is InChI=1S/C51H71NO5/c1-32(2)39-12-11-33(3)21-41(39)57-45(55)52(30-48-25-34-22-35(26-48)24-36(23-34)27-48)31-50(56)18-15-43-47(50,5)17-14-42-46(4)16-13-38(53)28-49(46)19-20-51(42,43)40(29-49)44(54)37-9-7-6-8-10-37/h6-10,19-20,29,32-36,38-39,41-43,53,56H,11-18,21-28,30-31H2,1-5H3. The van der Waals surface area contributed by atoms with Crippen LogP contribution >= 0.6 is 0 Å². The second kappa shape index (κ2) is 13.3. The number of allylic oxidation sites excluding steroid dienone is 4. The topological polar surface area (TPSA) is 87.1 Å². The molecule has 0 saturated heterocycles. The molecule has 6 nitrogen and oxygen atoms in total. The van der Waals surface area contributed by atoms with Crippen molar-refractivity contribution in [3.05, 3.63) is 59.7 Å². The number of fused-ring (bicyclic) bond motifs is 1. The van der Waals surface area contributed by atoms with Gasteiger partial charge in [0.15, 0.2) is 5.78 Å². The van der Waals surface area contributed by atoms with Crippen LogP contribution in [0.3, 0.4) is 0 Å². The van der Waals surface area contributed by atoms with Gasteiger partial charge in [-0.2, -0.15) is 0 Å². The number of ketones is 1. The molecule has 11 aliphatic carbocycles. The lowest BCUT2D eigenvalue weighted by molar-refractivity contribution is -0.177. The number of nitrogens with zero attached hydrogens (tertiary/aromatic N) is 1. The average Bonchev–Trinajstić information content (AvgIpc) is 3.43. The molecule has 6 heteroatoms. The molecule has 2 spiro atoms. The van der Waals surface area contributed by atoms with E-state index < -0.39 is 16.4 Å². The smallest absolute Gasteiger partial charge is 0.410 e. The second-order valence-corrected chi connectivity index (χ2v) is 23.0. The molecule has 57 heavy (non-hydrogen) atoms. The van der Waals surface area contributed by atoms with Gasteiger partial charge in [0.2, 0.25) is 0 Å². The highest BCUT2D eigenvalue weighted by Crippen LogP contribution is 2.78. The predicted molar refractivity (Wildman–Crippen MR) is 223 cm³/mol. The van der Waals surface area contributed by atoms with E-state index in [0.29, 0.717) is 49.2 Å². The number of carbonyl (C=O) groups excluding carboxylic acids is 2. The Bertz CT molecular complexity index is 1800. The molecular weight excluding hydrogens is 707 g/mol. The zero-order chi connectivity index (χ0) is 39.8. The van der Waals surface area contributed by atoms with Gasteiger partial charge in [-0.05, 0) is 154 Å². The fraction of sp³-hybridized carbons (Fsp3) is 0.765. The van der Waals surface area contributed by atoms with Crippen molar-refractivity contribution in [3.8, 4) is 0 Å². The van der Waals surface area contributed by atoms with Crippen molar-refractivity contribution in [2.45, 2.75) is 155 Å². The van der Waals surface area contributed by atoms with Crippen molar-refractivity contribution in [2.75, 3.05) is 13.1 Å². The Balaban J connectivity index is 1.02. The van der Waals surface area contributed by atoms with Crippen molar-refractivity contribution in [1.29, 1.82) is 0 Å². The van der Waals surface area contributed by atoms with E-state index in [1.165, 1.54) is 44.9 Å². The first-order valence-corrected chi connectivity index (χ1v) is 23.5. The second-order valence-electron chi connectivity index (χ2n) is 23.0. The SMILES string of the molecule is CC1CCC(C(C)C)C(OC(=O)N(CC23CC4CC(CC(C4)C2)C3)CC2(O)CCC3C45C=CC6(C=C4C(=O)c4ccccc4)CC(O)CCC6(C)C5CCC32C)C1. The first-order chi connectivity index (χ1) is 27.1. The molecule has 1 aromatic rings. The van der Waals surface area contributed by atoms with Gasteiger partial charge in [-0.25, -0.2) is 4.79 Å². The number of aliphatic hydroxyl groups excluding tert-OH is 1. The van der Waals surface area contributed by atoms with Gasteiger partial charge in [0.05, 0.1) is 18.2 Å². The lowest BCUT2D eigenvalue weighted by atomic mass is 9.32. The van der Waals surface area contributed by atoms with Gasteiger partial charge >= 0.3 is 6.09 Å². The lowest BCUT2D eigenvalue weighted by Crippen LogP contribution is -2.67. The predicted octanol–water partition coefficient (Wildman–Crippen LogP) is 10.6. The fourth-order valence-electron chi connectivity index (χ4n) is 17.2. The largest absolute Gasteiger partial charge is 0.446 e. The summed E-state index contributed by atoms with van der Waals surface area (Å²) in [7, 11) is 0. The van der Waals surface area contributed by atoms with Crippen molar-refractivity contribution in [2.24, 2.45) is 74.4 Å². The van der Waals surface area contributed by atoms with E-state index in [4.69, 9.17) is 4.74 Å². The third-order valence-electron chi connectivity index (χ3n) is 19.6. The maximum absolute atomic E-state index is 15.0. The summed E-state index contributed by atoms with van der Waals surface area (Å²) in [6.45, 7) is 12.6. The van der Waals surface area contributed by atoms with Crippen LogP contribution in [-0.4, -0.2) is 57.9 Å². The normalized spacial score (nSPS) is 48.9. The van der Waals surface area contributed by atoms with Crippen molar-refractivity contribution >= 4 is 11.9 Å². The van der Waals surface area contributed by atoms with Crippen LogP contribution in [0.2, 0.25) is 0 Å². The summed E-state index contributed by atoms with van der Waals surface area (Å²) < 4.78 is 6.74. The molecule has 11 atom stereocenters. The minimum atomic E-state index is -1.11. The highest BCUT2D eigenvalue weighted by atomic mass is 16.6. The number of aliphatic hydroxyl groups is 2. The Morgan fingerprint density at radius 1 is 0.807 bits per heavy atom. The summed E-state index contributed by atoms with van der Waals surface area (Å²) in [5.41, 5.74) is -0.848. The average molecular weight is 778 g/mol. The van der Waals surface area contributed by atoms with Gasteiger partial charge in [0.1, 0.15) is 6.10 Å². The number of carbonyl (C=O) groups is 2. The first kappa shape index (κ1) is 38.7. The molecule has 6 bridgehead atoms. The molecule has 0 heterocycles. The Morgan fingerprint density at radius 2 is 1.46 bits per heavy atom. The number of benzene rings is 1. The van der Waals surface area contributed by atoms with Gasteiger partial charge in [-0.3, -0.25) is 4.79 Å². The van der Waals surface area contributed by atoms with Crippen LogP contribution in [0.1, 0.15) is 148 Å². The lowest BCUT2D eigenvalue weighted by Gasteiger charge is -2.71. The quantitative estimate of drug-likeness (QED) is 0.203. The molecule has 8 fully saturated rings. The summed E-state index contributed by atoms with van der Waals surface area (Å²) in [4.78, 5) is 32.0. The van der Waals surface area contributed by atoms with Gasteiger partial charge in [0, 0.05) is 33.9 Å². The number of rotatable bonds is 8. The van der Waals surface area contributed by atoms with Crippen LogP contribution in [0.15, 0.2) is 54.1 Å². The molecule has 2 N–H and O–H groups in total. The summed E-state index contributed by atoms with van der Waals surface area (Å²) in [6.07, 6.45) is 23.0. The Morgan fingerprint density at radius 3 is 2.14 bits per heavy atom. The van der Waals surface area contributed by atoms with Crippen molar-refractivity contribution in [3.63, 3.8) is 0 Å². The van der Waals surface area contributed by atoms with Gasteiger partial charge in [-0.15, -0.1) is 0 Å². The minimum absolute atomic E-state index is 0.0489. The zero-order valence-corrected chi connectivity index (χ0v) is 35.7. The number of hydrogen-bond donors (Lipinski definition) is 2. The van der Waals surface area contributed by atoms with Gasteiger partial charge in [0.25, 0.3) is 0 Å². The van der Waals surface area contributed by atoms with Crippen molar-refractivity contribution < 1.29 is 24.5 Å². The molecule has 0 aliphatic heterocycles. The highest BCUT2D eigenvalue weighted by Gasteiger charge is 2.75. The summed E-state index contributed by atoms with van der Waals surface area (Å²) in [6, 6.07) is 9.79. The van der Waals surface area contributed by atoms with Gasteiger partial charge < -0.3 is 19.8 Å². The molecule has 0 radical (unpaired) electrons. The Labute approximate surface area is 342 Å². The van der Waals surface area contributed by atoms with E-state index in [0.717, 1.165) is 68.3 Å². The third kappa shape index (κ3) is 5.66. The number of ether oxygens (including phenoxy) is 1. The van der Waals surface area contributed by atoms with Crippen LogP contribution < -0.4 is 0 Å². The van der Waals surface area contributed by atoms with E-state index in [1.807, 2.05) is 30.3 Å². The molecule has 12 rings (SSSR count). The minimum Gasteiger partial charge on any atom is -0.446 e. The van der Waals surface area contributed by atoms with E-state index in [1.54, 1.807) is 0 Å². The Kier molecular flexibility index (Phi) is 9.03. The molecule has 310 valence electrons. The summed E-state index contributed by atoms with van der Waals surface area (Å²) >= 11 is 0. The summed E-state index contributed by atoms with van der Waals surface area (Å²) in [5, 5.41) is 24.7. The zero-order valence-electron chi connectivity index (χ0n) is 35.7. The van der Waals surface area contributed by atoms with E-state index >= 15 is 0 Å². The molecule has 11 unspecified atom stereocenters. The van der Waals surface area contributed by atoms with Crippen LogP contribution in [-0.2, 0) is 4.74 Å². The molecule has 1 aromatic carbocycles. The number of hydrogen-bond acceptors (Lipinski definition) is 5. The van der Waals surface area contributed by atoms with Crippen molar-refractivity contribution in [1.82, 2.24) is 4.90 Å². The molecule has 1 amide bonds. The van der Waals surface area contributed by atoms with E-state index in [-0.39, 0.29) is 52.2 Å². The first-order valence-electron chi connectivity index (χ1n) is 23.5. The monoisotopic (exact) mass is 778 g/mol. The van der Waals surface area contributed by atoms with Crippen LogP contribution in [0, 0.1) is 74.4 Å². The molecule has 11 aliphatic rings. The fourth-order valence-corrected chi connectivity index (χ4v) is 17.2. The third-order valence-corrected chi connectivity index (χ3v) is 19.6.